The minimum Gasteiger partial charge on any atom is -0.493 e. The summed E-state index contributed by atoms with van der Waals surface area (Å²) >= 11 is 0. The van der Waals surface area contributed by atoms with Gasteiger partial charge in [-0.15, -0.1) is 6.42 Å². The van der Waals surface area contributed by atoms with Gasteiger partial charge in [0.15, 0.2) is 0 Å². The minimum absolute atomic E-state index is 0.139. The van der Waals surface area contributed by atoms with Crippen LogP contribution in [0.15, 0.2) is 48.5 Å². The maximum Gasteiger partial charge on any atom is 0.227 e. The topological polar surface area (TPSA) is 29.5 Å². The number of terminal acetylenes is 1. The zero-order chi connectivity index (χ0) is 17.4. The Morgan fingerprint density at radius 2 is 1.62 bits per heavy atom. The lowest BCUT2D eigenvalue weighted by Crippen LogP contribution is -2.31. The lowest BCUT2D eigenvalue weighted by Gasteiger charge is -2.20. The molecule has 2 aromatic carbocycles. The summed E-state index contributed by atoms with van der Waals surface area (Å²) in [5, 5.41) is 0. The fourth-order valence-electron chi connectivity index (χ4n) is 2.10. The van der Waals surface area contributed by atoms with E-state index in [0.29, 0.717) is 12.3 Å². The lowest BCUT2D eigenvalue weighted by atomic mass is 10.2. The Kier molecular flexibility index (Phi) is 6.32. The van der Waals surface area contributed by atoms with E-state index in [0.717, 1.165) is 5.56 Å². The third-order valence-corrected chi connectivity index (χ3v) is 3.32. The highest BCUT2D eigenvalue weighted by atomic mass is 19.1. The summed E-state index contributed by atoms with van der Waals surface area (Å²) in [6, 6.07) is 11.5. The molecular formula is C19H17F2NO2. The van der Waals surface area contributed by atoms with Crippen molar-refractivity contribution in [3.05, 3.63) is 65.7 Å². The predicted octanol–water partition coefficient (Wildman–Crippen LogP) is 3.40. The van der Waals surface area contributed by atoms with Crippen LogP contribution >= 0.6 is 0 Å². The molecule has 0 atom stereocenters. The molecule has 5 heteroatoms. The van der Waals surface area contributed by atoms with Crippen molar-refractivity contribution in [1.82, 2.24) is 4.90 Å². The van der Waals surface area contributed by atoms with E-state index >= 15 is 0 Å². The molecule has 0 bridgehead atoms. The van der Waals surface area contributed by atoms with Crippen LogP contribution in [0.5, 0.6) is 5.75 Å². The third-order valence-electron chi connectivity index (χ3n) is 3.32. The molecule has 0 aliphatic rings. The van der Waals surface area contributed by atoms with Crippen molar-refractivity contribution in [2.75, 3.05) is 13.2 Å². The number of amides is 1. The highest BCUT2D eigenvalue weighted by Crippen LogP contribution is 2.12. The van der Waals surface area contributed by atoms with Crippen molar-refractivity contribution < 1.29 is 18.3 Å². The van der Waals surface area contributed by atoms with Crippen molar-refractivity contribution >= 4 is 5.91 Å². The van der Waals surface area contributed by atoms with Gasteiger partial charge in [0.05, 0.1) is 19.6 Å². The summed E-state index contributed by atoms with van der Waals surface area (Å²) in [7, 11) is 0. The Bertz CT molecular complexity index is 706. The first-order valence-electron chi connectivity index (χ1n) is 7.42. The van der Waals surface area contributed by atoms with E-state index in [9.17, 15) is 13.6 Å². The van der Waals surface area contributed by atoms with E-state index in [1.807, 2.05) is 0 Å². The molecule has 1 amide bonds. The number of carbonyl (C=O) groups excluding carboxylic acids is 1. The Morgan fingerprint density at radius 1 is 1.04 bits per heavy atom. The van der Waals surface area contributed by atoms with E-state index < -0.39 is 0 Å². The summed E-state index contributed by atoms with van der Waals surface area (Å²) in [5.41, 5.74) is 0.791. The second kappa shape index (κ2) is 8.68. The van der Waals surface area contributed by atoms with Gasteiger partial charge >= 0.3 is 0 Å². The van der Waals surface area contributed by atoms with Gasteiger partial charge in [-0.25, -0.2) is 8.78 Å². The van der Waals surface area contributed by atoms with Gasteiger partial charge in [0, 0.05) is 6.54 Å². The van der Waals surface area contributed by atoms with Crippen molar-refractivity contribution in [1.29, 1.82) is 0 Å². The number of rotatable bonds is 7. The smallest absolute Gasteiger partial charge is 0.227 e. The molecule has 3 nitrogen and oxygen atoms in total. The van der Waals surface area contributed by atoms with Gasteiger partial charge in [0.1, 0.15) is 17.4 Å². The van der Waals surface area contributed by atoms with Gasteiger partial charge in [-0.2, -0.15) is 0 Å². The number of hydrogen-bond donors (Lipinski definition) is 0. The minimum atomic E-state index is -0.349. The Morgan fingerprint density at radius 3 is 2.21 bits per heavy atom. The van der Waals surface area contributed by atoms with Crippen LogP contribution in [0.4, 0.5) is 8.78 Å². The van der Waals surface area contributed by atoms with Gasteiger partial charge in [0.2, 0.25) is 5.91 Å². The normalized spacial score (nSPS) is 10.0. The summed E-state index contributed by atoms with van der Waals surface area (Å²) in [5.74, 6) is 2.09. The van der Waals surface area contributed by atoms with Gasteiger partial charge in [-0.1, -0.05) is 18.1 Å². The molecule has 0 aromatic heterocycles. The Balaban J connectivity index is 1.87. The monoisotopic (exact) mass is 329 g/mol. The summed E-state index contributed by atoms with van der Waals surface area (Å²) in [6.07, 6.45) is 5.45. The highest BCUT2D eigenvalue weighted by molar-refractivity contribution is 5.76. The number of benzene rings is 2. The second-order valence-corrected chi connectivity index (χ2v) is 5.13. The second-order valence-electron chi connectivity index (χ2n) is 5.13. The molecule has 0 fully saturated rings. The van der Waals surface area contributed by atoms with Crippen molar-refractivity contribution in [3.8, 4) is 18.1 Å². The molecule has 2 rings (SSSR count). The number of hydrogen-bond acceptors (Lipinski definition) is 2. The molecule has 0 N–H and O–H groups in total. The molecule has 2 aromatic rings. The van der Waals surface area contributed by atoms with Crippen LogP contribution in [-0.2, 0) is 11.3 Å². The van der Waals surface area contributed by atoms with E-state index in [1.54, 1.807) is 12.1 Å². The molecule has 0 aliphatic carbocycles. The van der Waals surface area contributed by atoms with Crippen LogP contribution in [0, 0.1) is 24.0 Å². The molecular weight excluding hydrogens is 312 g/mol. The predicted molar refractivity (Wildman–Crippen MR) is 87.2 cm³/mol. The quantitative estimate of drug-likeness (QED) is 0.729. The number of halogens is 2. The maximum atomic E-state index is 12.9. The SMILES string of the molecule is C#CCN(Cc1ccc(F)cc1)C(=O)CCOc1ccc(F)cc1. The van der Waals surface area contributed by atoms with Crippen LogP contribution in [0.1, 0.15) is 12.0 Å². The third kappa shape index (κ3) is 5.40. The molecule has 0 unspecified atom stereocenters. The summed E-state index contributed by atoms with van der Waals surface area (Å²) in [6.45, 7) is 0.627. The van der Waals surface area contributed by atoms with Gasteiger partial charge < -0.3 is 9.64 Å². The molecule has 124 valence electrons. The van der Waals surface area contributed by atoms with Crippen LogP contribution in [0.2, 0.25) is 0 Å². The number of ether oxygens (including phenoxy) is 1. The largest absolute Gasteiger partial charge is 0.493 e. The number of carbonyl (C=O) groups is 1. The first-order chi connectivity index (χ1) is 11.6. The Labute approximate surface area is 139 Å². The molecule has 0 saturated carbocycles. The zero-order valence-electron chi connectivity index (χ0n) is 13.0. The van der Waals surface area contributed by atoms with Crippen LogP contribution in [-0.4, -0.2) is 24.0 Å². The van der Waals surface area contributed by atoms with Crippen molar-refractivity contribution in [3.63, 3.8) is 0 Å². The van der Waals surface area contributed by atoms with Gasteiger partial charge in [0.25, 0.3) is 0 Å². The van der Waals surface area contributed by atoms with Gasteiger partial charge in [-0.3, -0.25) is 4.79 Å². The summed E-state index contributed by atoms with van der Waals surface area (Å²) in [4.78, 5) is 13.8. The van der Waals surface area contributed by atoms with Crippen molar-refractivity contribution in [2.24, 2.45) is 0 Å². The molecule has 0 heterocycles. The fourth-order valence-corrected chi connectivity index (χ4v) is 2.10. The lowest BCUT2D eigenvalue weighted by molar-refractivity contribution is -0.131. The molecule has 0 saturated heterocycles. The molecule has 0 spiro atoms. The Hall–Kier alpha value is -2.87. The van der Waals surface area contributed by atoms with Crippen LogP contribution in [0.25, 0.3) is 0 Å². The van der Waals surface area contributed by atoms with E-state index in [4.69, 9.17) is 11.2 Å². The number of nitrogens with zero attached hydrogens (tertiary/aromatic N) is 1. The zero-order valence-corrected chi connectivity index (χ0v) is 13.0. The molecule has 24 heavy (non-hydrogen) atoms. The molecule has 0 aliphatic heterocycles. The van der Waals surface area contributed by atoms with E-state index in [-0.39, 0.29) is 37.1 Å². The molecule has 0 radical (unpaired) electrons. The maximum absolute atomic E-state index is 12.9. The first-order valence-corrected chi connectivity index (χ1v) is 7.42. The van der Waals surface area contributed by atoms with Crippen molar-refractivity contribution in [2.45, 2.75) is 13.0 Å². The van der Waals surface area contributed by atoms with Gasteiger partial charge in [-0.05, 0) is 42.0 Å². The fraction of sp³-hybridized carbons (Fsp3) is 0.211. The van der Waals surface area contributed by atoms with Crippen LogP contribution in [0.3, 0.4) is 0 Å². The highest BCUT2D eigenvalue weighted by Gasteiger charge is 2.13. The standard InChI is InChI=1S/C19H17F2NO2/c1-2-12-22(14-15-3-5-16(20)6-4-15)19(23)11-13-24-18-9-7-17(21)8-10-18/h1,3-10H,11-14H2. The average Bonchev–Trinajstić information content (AvgIpc) is 2.58. The van der Waals surface area contributed by atoms with E-state index in [1.165, 1.54) is 41.3 Å². The average molecular weight is 329 g/mol. The van der Waals surface area contributed by atoms with E-state index in [2.05, 4.69) is 5.92 Å². The first kappa shape index (κ1) is 17.5. The van der Waals surface area contributed by atoms with Crippen LogP contribution < -0.4 is 4.74 Å². The summed E-state index contributed by atoms with van der Waals surface area (Å²) < 4.78 is 31.1.